The van der Waals surface area contributed by atoms with Crippen molar-refractivity contribution >= 4 is 50.3 Å². The van der Waals surface area contributed by atoms with E-state index in [1.54, 1.807) is 27.9 Å². The molecule has 2 saturated heterocycles. The number of carbonyl (C=O) groups is 4. The molecule has 2 aromatic carbocycles. The number of benzene rings is 2. The van der Waals surface area contributed by atoms with E-state index >= 15 is 4.79 Å². The summed E-state index contributed by atoms with van der Waals surface area (Å²) in [5.74, 6) is -1.70. The number of methoxy groups -OCH3 is 1. The monoisotopic (exact) mass is 914 g/mol. The number of amides is 4. The Bertz CT molecular complexity index is 2430. The van der Waals surface area contributed by atoms with Gasteiger partial charge in [0.15, 0.2) is 0 Å². The van der Waals surface area contributed by atoms with Gasteiger partial charge in [0.05, 0.1) is 37.8 Å². The van der Waals surface area contributed by atoms with Gasteiger partial charge in [0.25, 0.3) is 5.91 Å². The van der Waals surface area contributed by atoms with E-state index in [0.717, 1.165) is 36.1 Å². The second-order valence-corrected chi connectivity index (χ2v) is 21.4. The van der Waals surface area contributed by atoms with Crippen LogP contribution in [0.2, 0.25) is 0 Å². The van der Waals surface area contributed by atoms with Crippen molar-refractivity contribution in [1.82, 2.24) is 25.2 Å². The van der Waals surface area contributed by atoms with Gasteiger partial charge < -0.3 is 39.4 Å². The van der Waals surface area contributed by atoms with Crippen molar-refractivity contribution in [2.24, 2.45) is 17.8 Å². The number of ether oxygens (including phenoxy) is 4. The predicted molar refractivity (Wildman–Crippen MR) is 245 cm³/mol. The average molecular weight is 915 g/mol. The Morgan fingerprint density at radius 2 is 1.72 bits per heavy atom. The van der Waals surface area contributed by atoms with Gasteiger partial charge in [0.2, 0.25) is 27.7 Å². The molecule has 65 heavy (non-hydrogen) atoms. The summed E-state index contributed by atoms with van der Waals surface area (Å²) in [4.78, 5) is 66.0. The van der Waals surface area contributed by atoms with Gasteiger partial charge in [-0.3, -0.25) is 19.1 Å². The quantitative estimate of drug-likeness (QED) is 0.229. The molecular formula is C48H62N6O10S. The van der Waals surface area contributed by atoms with Crippen molar-refractivity contribution < 1.29 is 46.5 Å². The first-order valence-electron chi connectivity index (χ1n) is 22.9. The molecule has 350 valence electrons. The van der Waals surface area contributed by atoms with Gasteiger partial charge in [-0.05, 0) is 113 Å². The van der Waals surface area contributed by atoms with E-state index in [-0.39, 0.29) is 37.1 Å². The molecule has 5 aliphatic rings. The summed E-state index contributed by atoms with van der Waals surface area (Å²) in [7, 11) is -2.34. The lowest BCUT2D eigenvalue weighted by atomic mass is 9.88. The number of pyridine rings is 1. The van der Waals surface area contributed by atoms with Crippen LogP contribution in [0.5, 0.6) is 11.6 Å². The number of hydrogen-bond acceptors (Lipinski definition) is 12. The summed E-state index contributed by atoms with van der Waals surface area (Å²) in [5, 5.41) is 6.62. The number of anilines is 1. The highest BCUT2D eigenvalue weighted by molar-refractivity contribution is 7.91. The fraction of sp³-hybridized carbons (Fsp3) is 0.562. The van der Waals surface area contributed by atoms with E-state index in [1.165, 1.54) is 4.90 Å². The molecule has 16 nitrogen and oxygen atoms in total. The second kappa shape index (κ2) is 18.5. The first-order chi connectivity index (χ1) is 30.9. The molecule has 3 aromatic rings. The number of morpholine rings is 1. The molecule has 1 aromatic heterocycles. The van der Waals surface area contributed by atoms with Crippen LogP contribution in [0.15, 0.2) is 60.7 Å². The van der Waals surface area contributed by atoms with Gasteiger partial charge in [0, 0.05) is 42.1 Å². The molecule has 8 rings (SSSR count). The topological polar surface area (TPSA) is 195 Å². The minimum Gasteiger partial charge on any atom is -0.497 e. The third-order valence-corrected chi connectivity index (χ3v) is 14.9. The molecule has 0 bridgehead atoms. The van der Waals surface area contributed by atoms with Crippen molar-refractivity contribution in [3.8, 4) is 22.9 Å². The number of sulfonamides is 1. The van der Waals surface area contributed by atoms with Gasteiger partial charge in [-0.1, -0.05) is 38.1 Å². The third-order valence-electron chi connectivity index (χ3n) is 13.1. The zero-order chi connectivity index (χ0) is 46.3. The maximum atomic E-state index is 15.1. The summed E-state index contributed by atoms with van der Waals surface area (Å²) in [6.45, 7) is 12.1. The molecule has 0 radical (unpaired) electrons. The lowest BCUT2D eigenvalue weighted by Crippen LogP contribution is -2.59. The standard InChI is InChI=1S/C48H62N6O10S/c1-29-9-7-8-10-33-27-48(33,45(57)52-65(59,60)37-16-17-37)51-42(55)40-26-36(28-54(40)44(56)41(30(2)23-29)50-46(58)64-47(3,4)5)63-43-38-18-15-35(61-6)24-32(38)25-39(49-43)31-11-13-34(14-12-31)53-19-21-62-22-20-53/h8,10-15,18,24-25,29-30,33,36-37,40-41H,7,9,16-17,19-23,26-28H2,1-6H3,(H,50,58)(H,51,55)(H,52,57)/b10-8-/t29-,30-,33-,36-,40+,41+,48-/m1/s1. The molecular weight excluding hydrogens is 853 g/mol. The van der Waals surface area contributed by atoms with Crippen LogP contribution >= 0.6 is 0 Å². The van der Waals surface area contributed by atoms with Crippen LogP contribution in [-0.4, -0.2) is 117 Å². The fourth-order valence-electron chi connectivity index (χ4n) is 9.32. The number of nitrogens with one attached hydrogen (secondary N) is 3. The third kappa shape index (κ3) is 10.5. The van der Waals surface area contributed by atoms with Gasteiger partial charge in [-0.2, -0.15) is 0 Å². The normalized spacial score (nSPS) is 28.2. The number of nitrogens with zero attached hydrogens (tertiary/aromatic N) is 3. The molecule has 4 fully saturated rings. The van der Waals surface area contributed by atoms with Gasteiger partial charge in [-0.25, -0.2) is 18.2 Å². The number of fused-ring (bicyclic) bond motifs is 3. The van der Waals surface area contributed by atoms with Crippen LogP contribution in [0.4, 0.5) is 10.5 Å². The molecule has 2 saturated carbocycles. The number of aromatic nitrogens is 1. The van der Waals surface area contributed by atoms with Crippen LogP contribution in [0, 0.1) is 17.8 Å². The number of carbonyl (C=O) groups excluding carboxylic acids is 4. The number of alkyl carbamates (subject to hydrolysis) is 1. The molecule has 3 aliphatic heterocycles. The smallest absolute Gasteiger partial charge is 0.408 e. The molecule has 0 unspecified atom stereocenters. The Labute approximate surface area is 381 Å². The Balaban J connectivity index is 1.14. The van der Waals surface area contributed by atoms with Crippen LogP contribution in [0.3, 0.4) is 0 Å². The predicted octanol–water partition coefficient (Wildman–Crippen LogP) is 5.48. The Hall–Kier alpha value is -5.42. The van der Waals surface area contributed by atoms with Crippen molar-refractivity contribution in [2.75, 3.05) is 44.9 Å². The Morgan fingerprint density at radius 3 is 2.42 bits per heavy atom. The van der Waals surface area contributed by atoms with E-state index in [2.05, 4.69) is 39.3 Å². The zero-order valence-corrected chi connectivity index (χ0v) is 38.9. The average Bonchev–Trinajstić information content (AvgIpc) is 4.20. The van der Waals surface area contributed by atoms with E-state index in [9.17, 15) is 22.8 Å². The van der Waals surface area contributed by atoms with Gasteiger partial charge in [0.1, 0.15) is 35.1 Å². The molecule has 17 heteroatoms. The highest BCUT2D eigenvalue weighted by Gasteiger charge is 2.62. The highest BCUT2D eigenvalue weighted by Crippen LogP contribution is 2.46. The minimum atomic E-state index is -3.93. The van der Waals surface area contributed by atoms with Gasteiger partial charge >= 0.3 is 6.09 Å². The largest absolute Gasteiger partial charge is 0.497 e. The van der Waals surface area contributed by atoms with Crippen LogP contribution < -0.4 is 29.7 Å². The zero-order valence-electron chi connectivity index (χ0n) is 38.1. The van der Waals surface area contributed by atoms with Crippen LogP contribution in [-0.2, 0) is 33.9 Å². The minimum absolute atomic E-state index is 0.0118. The van der Waals surface area contributed by atoms with E-state index < -0.39 is 74.3 Å². The first-order valence-corrected chi connectivity index (χ1v) is 24.4. The lowest BCUT2D eigenvalue weighted by molar-refractivity contribution is -0.142. The molecule has 4 heterocycles. The van der Waals surface area contributed by atoms with Crippen molar-refractivity contribution in [2.45, 2.75) is 114 Å². The second-order valence-electron chi connectivity index (χ2n) is 19.4. The Kier molecular flexibility index (Phi) is 13.1. The summed E-state index contributed by atoms with van der Waals surface area (Å²) in [6, 6.07) is 13.4. The van der Waals surface area contributed by atoms with Gasteiger partial charge in [-0.15, -0.1) is 0 Å². The number of allylic oxidation sites excluding steroid dienone is 1. The molecule has 3 N–H and O–H groups in total. The van der Waals surface area contributed by atoms with E-state index in [1.807, 2.05) is 55.5 Å². The summed E-state index contributed by atoms with van der Waals surface area (Å²) >= 11 is 0. The fourth-order valence-corrected chi connectivity index (χ4v) is 10.7. The summed E-state index contributed by atoms with van der Waals surface area (Å²) in [6.07, 6.45) is 5.45. The Morgan fingerprint density at radius 1 is 0.985 bits per heavy atom. The molecule has 4 amide bonds. The SMILES string of the molecule is COc1ccc2c(O[C@@H]3C[C@H]4C(=O)N[C@]5(C(=O)NS(=O)(=O)C6CC6)C[C@H]5/C=C\CC[C@@H](C)C[C@@H](C)[C@H](NC(=O)OC(C)(C)C)C(=O)N4C3)nc(-c3ccc(N4CCOCC4)cc3)cc2c1. The summed E-state index contributed by atoms with van der Waals surface area (Å²) < 4.78 is 51.9. The van der Waals surface area contributed by atoms with Crippen molar-refractivity contribution in [3.05, 3.63) is 60.7 Å². The van der Waals surface area contributed by atoms with E-state index in [4.69, 9.17) is 23.9 Å². The molecule has 0 spiro atoms. The molecule has 2 aliphatic carbocycles. The van der Waals surface area contributed by atoms with E-state index in [0.29, 0.717) is 55.7 Å². The summed E-state index contributed by atoms with van der Waals surface area (Å²) in [5.41, 5.74) is 0.187. The van der Waals surface area contributed by atoms with Crippen molar-refractivity contribution in [3.63, 3.8) is 0 Å². The first kappa shape index (κ1) is 46.1. The maximum absolute atomic E-state index is 15.1. The van der Waals surface area contributed by atoms with Crippen LogP contribution in [0.1, 0.15) is 79.6 Å². The maximum Gasteiger partial charge on any atom is 0.408 e. The molecule has 7 atom stereocenters. The number of rotatable bonds is 9. The van der Waals surface area contributed by atoms with Crippen LogP contribution in [0.25, 0.3) is 22.0 Å². The number of hydrogen-bond donors (Lipinski definition) is 3. The lowest BCUT2D eigenvalue weighted by Gasteiger charge is -2.33. The van der Waals surface area contributed by atoms with Crippen molar-refractivity contribution in [1.29, 1.82) is 0 Å². The highest BCUT2D eigenvalue weighted by atomic mass is 32.2.